The second-order valence-corrected chi connectivity index (χ2v) is 5.86. The molecule has 0 atom stereocenters. The van der Waals surface area contributed by atoms with Gasteiger partial charge in [0.15, 0.2) is 0 Å². The molecule has 3 heterocycles. The summed E-state index contributed by atoms with van der Waals surface area (Å²) in [6, 6.07) is 2.01. The molecule has 0 spiro atoms. The van der Waals surface area contributed by atoms with Crippen molar-refractivity contribution >= 4 is 33.3 Å². The van der Waals surface area contributed by atoms with Crippen molar-refractivity contribution in [1.82, 2.24) is 9.97 Å². The van der Waals surface area contributed by atoms with Crippen molar-refractivity contribution in [3.8, 4) is 0 Å². The first kappa shape index (κ1) is 13.5. The molecule has 6 nitrogen and oxygen atoms in total. The highest BCUT2D eigenvalue weighted by Gasteiger charge is 2.32. The molecule has 20 heavy (non-hydrogen) atoms. The molecule has 2 aromatic rings. The number of aliphatic hydroxyl groups excluding tert-OH is 1. The smallest absolute Gasteiger partial charge is 0.225 e. The number of aromatic nitrogens is 2. The van der Waals surface area contributed by atoms with E-state index in [1.807, 2.05) is 11.4 Å². The maximum absolute atomic E-state index is 9.78. The maximum Gasteiger partial charge on any atom is 0.225 e. The molecule has 7 heteroatoms. The Kier molecular flexibility index (Phi) is 3.73. The van der Waals surface area contributed by atoms with Crippen LogP contribution in [0.5, 0.6) is 0 Å². The third-order valence-corrected chi connectivity index (χ3v) is 4.49. The van der Waals surface area contributed by atoms with Crippen molar-refractivity contribution in [2.45, 2.75) is 18.4 Å². The van der Waals surface area contributed by atoms with Gasteiger partial charge in [0.2, 0.25) is 5.95 Å². The van der Waals surface area contributed by atoms with Gasteiger partial charge in [-0.05, 0) is 24.3 Å². The van der Waals surface area contributed by atoms with Crippen LogP contribution in [-0.4, -0.2) is 47.5 Å². The largest absolute Gasteiger partial charge is 0.394 e. The molecular formula is C13H18N4O2S. The fraction of sp³-hybridized carbons (Fsp3) is 0.538. The fourth-order valence-corrected chi connectivity index (χ4v) is 3.16. The zero-order chi connectivity index (χ0) is 14.0. The number of rotatable bonds is 4. The van der Waals surface area contributed by atoms with Crippen molar-refractivity contribution in [2.24, 2.45) is 0 Å². The Hall–Kier alpha value is -1.44. The number of ether oxygens (including phenoxy) is 1. The van der Waals surface area contributed by atoms with Gasteiger partial charge in [-0.1, -0.05) is 0 Å². The fourth-order valence-electron chi connectivity index (χ4n) is 2.40. The van der Waals surface area contributed by atoms with Gasteiger partial charge in [-0.25, -0.2) is 4.98 Å². The Balaban J connectivity index is 1.98. The average Bonchev–Trinajstić information content (AvgIpc) is 2.96. The zero-order valence-corrected chi connectivity index (χ0v) is 12.2. The molecule has 0 aliphatic carbocycles. The molecule has 1 aliphatic rings. The lowest BCUT2D eigenvalue weighted by atomic mass is 9.91. The first-order valence-electron chi connectivity index (χ1n) is 6.66. The summed E-state index contributed by atoms with van der Waals surface area (Å²) < 4.78 is 5.39. The van der Waals surface area contributed by atoms with Crippen LogP contribution in [-0.2, 0) is 4.74 Å². The molecular weight excluding hydrogens is 276 g/mol. The number of thiophene rings is 1. The van der Waals surface area contributed by atoms with E-state index in [-0.39, 0.29) is 12.1 Å². The average molecular weight is 294 g/mol. The lowest BCUT2D eigenvalue weighted by Gasteiger charge is -2.36. The molecule has 0 aromatic carbocycles. The topological polar surface area (TPSA) is 79.3 Å². The summed E-state index contributed by atoms with van der Waals surface area (Å²) in [5.74, 6) is 1.36. The number of fused-ring (bicyclic) bond motifs is 1. The van der Waals surface area contributed by atoms with Gasteiger partial charge < -0.3 is 20.5 Å². The minimum Gasteiger partial charge on any atom is -0.394 e. The maximum atomic E-state index is 9.78. The van der Waals surface area contributed by atoms with Crippen molar-refractivity contribution in [3.63, 3.8) is 0 Å². The first-order chi connectivity index (χ1) is 9.76. The van der Waals surface area contributed by atoms with E-state index in [0.29, 0.717) is 19.2 Å². The summed E-state index contributed by atoms with van der Waals surface area (Å²) >= 11 is 1.58. The second-order valence-electron chi connectivity index (χ2n) is 4.96. The summed E-state index contributed by atoms with van der Waals surface area (Å²) in [5, 5.41) is 19.2. The normalized spacial score (nSPS) is 18.1. The van der Waals surface area contributed by atoms with Crippen molar-refractivity contribution in [3.05, 3.63) is 11.4 Å². The molecule has 1 aliphatic heterocycles. The summed E-state index contributed by atoms with van der Waals surface area (Å²) in [4.78, 5) is 9.86. The van der Waals surface area contributed by atoms with Crippen LogP contribution in [0.2, 0.25) is 0 Å². The number of nitrogens with one attached hydrogen (secondary N) is 2. The van der Waals surface area contributed by atoms with Crippen LogP contribution < -0.4 is 10.6 Å². The molecule has 3 N–H and O–H groups in total. The van der Waals surface area contributed by atoms with Gasteiger partial charge in [-0.2, -0.15) is 4.98 Å². The third-order valence-electron chi connectivity index (χ3n) is 3.68. The van der Waals surface area contributed by atoms with Crippen LogP contribution in [0.3, 0.4) is 0 Å². The molecule has 0 saturated carbocycles. The Bertz CT molecular complexity index is 595. The SMILES string of the molecule is CNc1nc(NC2(CO)CCOCC2)c2ccsc2n1. The molecule has 0 amide bonds. The number of anilines is 2. The summed E-state index contributed by atoms with van der Waals surface area (Å²) in [7, 11) is 1.80. The van der Waals surface area contributed by atoms with Gasteiger partial charge in [0.25, 0.3) is 0 Å². The van der Waals surface area contributed by atoms with Gasteiger partial charge in [0.1, 0.15) is 10.6 Å². The van der Waals surface area contributed by atoms with E-state index in [0.717, 1.165) is 28.9 Å². The lowest BCUT2D eigenvalue weighted by Crippen LogP contribution is -2.47. The van der Waals surface area contributed by atoms with Crippen LogP contribution in [0.1, 0.15) is 12.8 Å². The zero-order valence-electron chi connectivity index (χ0n) is 11.3. The van der Waals surface area contributed by atoms with Gasteiger partial charge in [0, 0.05) is 20.3 Å². The van der Waals surface area contributed by atoms with E-state index in [1.54, 1.807) is 18.4 Å². The molecule has 108 valence electrons. The number of hydrogen-bond donors (Lipinski definition) is 3. The monoisotopic (exact) mass is 294 g/mol. The van der Waals surface area contributed by atoms with Crippen LogP contribution >= 0.6 is 11.3 Å². The molecule has 1 saturated heterocycles. The van der Waals surface area contributed by atoms with Gasteiger partial charge in [-0.15, -0.1) is 11.3 Å². The molecule has 2 aromatic heterocycles. The standard InChI is InChI=1S/C13H18N4O2S/c1-14-12-15-10(9-2-7-20-11(9)16-12)17-13(8-18)3-5-19-6-4-13/h2,7,18H,3-6,8H2,1H3,(H2,14,15,16,17). The summed E-state index contributed by atoms with van der Waals surface area (Å²) in [6.07, 6.45) is 1.54. The number of nitrogens with zero attached hydrogens (tertiary/aromatic N) is 2. The highest BCUT2D eigenvalue weighted by Crippen LogP contribution is 2.31. The predicted octanol–water partition coefficient (Wildman–Crippen LogP) is 1.69. The Morgan fingerprint density at radius 1 is 1.40 bits per heavy atom. The number of hydrogen-bond acceptors (Lipinski definition) is 7. The predicted molar refractivity (Wildman–Crippen MR) is 80.5 cm³/mol. The van der Waals surface area contributed by atoms with Crippen LogP contribution in [0.25, 0.3) is 10.2 Å². The highest BCUT2D eigenvalue weighted by molar-refractivity contribution is 7.16. The first-order valence-corrected chi connectivity index (χ1v) is 7.54. The van der Waals surface area contributed by atoms with E-state index < -0.39 is 0 Å². The van der Waals surface area contributed by atoms with Crippen molar-refractivity contribution in [2.75, 3.05) is 37.5 Å². The quantitative estimate of drug-likeness (QED) is 0.796. The Labute approximate surface area is 121 Å². The van der Waals surface area contributed by atoms with Crippen LogP contribution in [0, 0.1) is 0 Å². The van der Waals surface area contributed by atoms with Crippen LogP contribution in [0.15, 0.2) is 11.4 Å². The summed E-state index contributed by atoms with van der Waals surface area (Å²) in [5.41, 5.74) is -0.355. The van der Waals surface area contributed by atoms with E-state index in [4.69, 9.17) is 4.74 Å². The lowest BCUT2D eigenvalue weighted by molar-refractivity contribution is 0.0379. The molecule has 1 fully saturated rings. The Morgan fingerprint density at radius 3 is 2.90 bits per heavy atom. The van der Waals surface area contributed by atoms with E-state index in [9.17, 15) is 5.11 Å². The minimum atomic E-state index is -0.355. The molecule has 0 bridgehead atoms. The van der Waals surface area contributed by atoms with E-state index in [1.165, 1.54) is 0 Å². The summed E-state index contributed by atoms with van der Waals surface area (Å²) in [6.45, 7) is 1.38. The van der Waals surface area contributed by atoms with Gasteiger partial charge in [0.05, 0.1) is 17.5 Å². The van der Waals surface area contributed by atoms with E-state index >= 15 is 0 Å². The molecule has 0 radical (unpaired) electrons. The van der Waals surface area contributed by atoms with Gasteiger partial charge in [-0.3, -0.25) is 0 Å². The molecule has 0 unspecified atom stereocenters. The van der Waals surface area contributed by atoms with E-state index in [2.05, 4.69) is 20.6 Å². The number of aliphatic hydroxyl groups is 1. The van der Waals surface area contributed by atoms with Crippen molar-refractivity contribution in [1.29, 1.82) is 0 Å². The van der Waals surface area contributed by atoms with Gasteiger partial charge >= 0.3 is 0 Å². The third kappa shape index (κ3) is 2.44. The Morgan fingerprint density at radius 2 is 2.20 bits per heavy atom. The highest BCUT2D eigenvalue weighted by atomic mass is 32.1. The van der Waals surface area contributed by atoms with Crippen LogP contribution in [0.4, 0.5) is 11.8 Å². The second kappa shape index (κ2) is 5.51. The van der Waals surface area contributed by atoms with Crippen molar-refractivity contribution < 1.29 is 9.84 Å². The molecule has 3 rings (SSSR count). The minimum absolute atomic E-state index is 0.0703.